The number of rotatable bonds is 7. The van der Waals surface area contributed by atoms with Crippen LogP contribution >= 0.6 is 0 Å². The van der Waals surface area contributed by atoms with Gasteiger partial charge in [0, 0.05) is 51.5 Å². The maximum Gasteiger partial charge on any atom is 0.416 e. The molecule has 0 spiro atoms. The lowest BCUT2D eigenvalue weighted by Gasteiger charge is -2.38. The highest BCUT2D eigenvalue weighted by Crippen LogP contribution is 2.37. The van der Waals surface area contributed by atoms with Crippen molar-refractivity contribution >= 4 is 45.3 Å². The lowest BCUT2D eigenvalue weighted by atomic mass is 10.0. The second-order valence-electron chi connectivity index (χ2n) is 12.7. The molecule has 0 unspecified atom stereocenters. The largest absolute Gasteiger partial charge is 0.416 e. The summed E-state index contributed by atoms with van der Waals surface area (Å²) in [6, 6.07) is 1.55. The number of H-pyrrole nitrogens is 2. The zero-order chi connectivity index (χ0) is 37.0. The first-order chi connectivity index (χ1) is 24.8. The Hall–Kier alpha value is -5.27. The summed E-state index contributed by atoms with van der Waals surface area (Å²) >= 11 is 0. The highest BCUT2D eigenvalue weighted by Gasteiger charge is 2.37. The maximum atomic E-state index is 13.1. The molecule has 4 N–H and O–H groups in total. The first-order valence-electron chi connectivity index (χ1n) is 16.5. The molecule has 0 saturated carbocycles. The standard InChI is InChI=1S/C21H21F6N7O.C11H16N6/c1-33(19-16-8-31-32-18(16)29-11-30-19)15-3-2-4-34(10-15)17(35)9-28-14-6-12(20(22,23)24)5-13(7-14)21(25,26)27;1-17(8-3-2-4-12-5-8)11-9-6-15-16-10(9)13-7-14-11/h5-8,11,15,28H,2-4,9-10H2,1H3,(H,29,30,31,32);6-8,12H,2-5H2,1H3,(H,13,14,15,16)/t15-;8-/m00/s1. The number of amides is 1. The summed E-state index contributed by atoms with van der Waals surface area (Å²) < 4.78 is 78.4. The molecule has 0 aliphatic carbocycles. The smallest absolute Gasteiger partial charge is 0.376 e. The van der Waals surface area contributed by atoms with Crippen molar-refractivity contribution in [2.75, 3.05) is 61.9 Å². The minimum Gasteiger partial charge on any atom is -0.376 e. The molecule has 14 nitrogen and oxygen atoms in total. The fraction of sp³-hybridized carbons (Fsp3) is 0.469. The first kappa shape index (κ1) is 36.5. The van der Waals surface area contributed by atoms with Gasteiger partial charge in [0.15, 0.2) is 11.3 Å². The van der Waals surface area contributed by atoms with Crippen LogP contribution in [0.15, 0.2) is 43.2 Å². The number of piperidine rings is 2. The van der Waals surface area contributed by atoms with Crippen LogP contribution in [0.2, 0.25) is 0 Å². The molecular weight excluding hydrogens is 696 g/mol. The predicted octanol–water partition coefficient (Wildman–Crippen LogP) is 4.47. The van der Waals surface area contributed by atoms with Gasteiger partial charge in [-0.3, -0.25) is 15.0 Å². The van der Waals surface area contributed by atoms with Crippen LogP contribution in [0.3, 0.4) is 0 Å². The van der Waals surface area contributed by atoms with Gasteiger partial charge in [0.05, 0.1) is 40.8 Å². The number of aromatic amines is 2. The van der Waals surface area contributed by atoms with E-state index in [1.54, 1.807) is 18.7 Å². The molecule has 7 rings (SSSR count). The van der Waals surface area contributed by atoms with E-state index in [4.69, 9.17) is 0 Å². The Labute approximate surface area is 293 Å². The molecule has 1 aromatic carbocycles. The van der Waals surface area contributed by atoms with Crippen LogP contribution in [0.1, 0.15) is 36.8 Å². The Morgan fingerprint density at radius 2 is 1.38 bits per heavy atom. The number of halogens is 6. The van der Waals surface area contributed by atoms with E-state index in [0.29, 0.717) is 54.5 Å². The van der Waals surface area contributed by atoms with Crippen LogP contribution < -0.4 is 20.4 Å². The molecule has 20 heteroatoms. The third kappa shape index (κ3) is 8.27. The Bertz CT molecular complexity index is 1940. The van der Waals surface area contributed by atoms with Gasteiger partial charge in [0.25, 0.3) is 0 Å². The molecule has 6 heterocycles. The topological polar surface area (TPSA) is 160 Å². The van der Waals surface area contributed by atoms with Crippen molar-refractivity contribution in [1.29, 1.82) is 0 Å². The number of alkyl halides is 6. The van der Waals surface area contributed by atoms with Crippen LogP contribution in [-0.4, -0.2) is 110 Å². The zero-order valence-corrected chi connectivity index (χ0v) is 28.3. The molecule has 1 amide bonds. The lowest BCUT2D eigenvalue weighted by molar-refractivity contribution is -0.143. The molecule has 0 radical (unpaired) electrons. The molecule has 2 saturated heterocycles. The van der Waals surface area contributed by atoms with E-state index in [0.717, 1.165) is 36.4 Å². The third-order valence-electron chi connectivity index (χ3n) is 9.27. The average Bonchev–Trinajstić information content (AvgIpc) is 3.83. The molecule has 278 valence electrons. The highest BCUT2D eigenvalue weighted by atomic mass is 19.4. The van der Waals surface area contributed by atoms with Gasteiger partial charge in [0.2, 0.25) is 5.91 Å². The summed E-state index contributed by atoms with van der Waals surface area (Å²) in [5.41, 5.74) is -1.97. The number of carbonyl (C=O) groups is 1. The van der Waals surface area contributed by atoms with Crippen molar-refractivity contribution in [1.82, 2.24) is 50.5 Å². The minimum atomic E-state index is -4.96. The highest BCUT2D eigenvalue weighted by molar-refractivity contribution is 5.87. The number of hydrogen-bond acceptors (Lipinski definition) is 11. The number of hydrogen-bond donors (Lipinski definition) is 4. The van der Waals surface area contributed by atoms with Gasteiger partial charge in [-0.25, -0.2) is 19.9 Å². The summed E-state index contributed by atoms with van der Waals surface area (Å²) in [7, 11) is 3.92. The number of aromatic nitrogens is 8. The maximum absolute atomic E-state index is 13.1. The van der Waals surface area contributed by atoms with Crippen molar-refractivity contribution in [3.63, 3.8) is 0 Å². The fourth-order valence-electron chi connectivity index (χ4n) is 6.42. The molecule has 2 fully saturated rings. The average molecular weight is 734 g/mol. The van der Waals surface area contributed by atoms with Crippen molar-refractivity contribution in [3.8, 4) is 0 Å². The van der Waals surface area contributed by atoms with E-state index in [-0.39, 0.29) is 12.1 Å². The van der Waals surface area contributed by atoms with Gasteiger partial charge in [-0.15, -0.1) is 0 Å². The Kier molecular flexibility index (Phi) is 10.6. The van der Waals surface area contributed by atoms with Crippen LogP contribution in [0.5, 0.6) is 0 Å². The van der Waals surface area contributed by atoms with Crippen molar-refractivity contribution in [3.05, 3.63) is 54.4 Å². The molecule has 0 bridgehead atoms. The molecule has 2 aliphatic rings. The van der Waals surface area contributed by atoms with E-state index >= 15 is 0 Å². The van der Waals surface area contributed by atoms with E-state index in [9.17, 15) is 31.1 Å². The summed E-state index contributed by atoms with van der Waals surface area (Å²) in [5, 5.41) is 21.2. The number of fused-ring (bicyclic) bond motifs is 2. The van der Waals surface area contributed by atoms with Gasteiger partial charge in [-0.05, 0) is 50.4 Å². The third-order valence-corrected chi connectivity index (χ3v) is 9.27. The molecule has 52 heavy (non-hydrogen) atoms. The SMILES string of the molecule is CN(c1ncnc2[nH]ncc12)[C@H]1CCCN(C(=O)CNc2cc(C(F)(F)F)cc(C(F)(F)F)c2)C1.CN(c1ncnc2[nH]ncc12)[C@H]1CCCNC1. The second-order valence-corrected chi connectivity index (χ2v) is 12.7. The summed E-state index contributed by atoms with van der Waals surface area (Å²) in [6.45, 7) is 2.42. The fourth-order valence-corrected chi connectivity index (χ4v) is 6.42. The number of benzene rings is 1. The Morgan fingerprint density at radius 3 is 1.92 bits per heavy atom. The van der Waals surface area contributed by atoms with Gasteiger partial charge in [0.1, 0.15) is 24.3 Å². The molecule has 2 aliphatic heterocycles. The Morgan fingerprint density at radius 1 is 0.827 bits per heavy atom. The summed E-state index contributed by atoms with van der Waals surface area (Å²) in [4.78, 5) is 35.4. The number of nitrogens with one attached hydrogen (secondary N) is 4. The van der Waals surface area contributed by atoms with Gasteiger partial charge >= 0.3 is 12.4 Å². The number of likely N-dealkylation sites (N-methyl/N-ethyl adjacent to an activating group) is 2. The van der Waals surface area contributed by atoms with Gasteiger partial charge in [-0.1, -0.05) is 0 Å². The number of anilines is 3. The lowest BCUT2D eigenvalue weighted by Crippen LogP contribution is -2.50. The van der Waals surface area contributed by atoms with Gasteiger partial charge < -0.3 is 25.3 Å². The quantitative estimate of drug-likeness (QED) is 0.175. The van der Waals surface area contributed by atoms with E-state index in [2.05, 4.69) is 62.9 Å². The first-order valence-corrected chi connectivity index (χ1v) is 16.5. The minimum absolute atomic E-state index is 0.0438. The van der Waals surface area contributed by atoms with E-state index < -0.39 is 41.6 Å². The number of nitrogens with zero attached hydrogens (tertiary/aromatic N) is 9. The van der Waals surface area contributed by atoms with Crippen LogP contribution in [0.4, 0.5) is 43.7 Å². The molecule has 2 atom stereocenters. The number of likely N-dealkylation sites (tertiary alicyclic amines) is 1. The predicted molar refractivity (Wildman–Crippen MR) is 181 cm³/mol. The van der Waals surface area contributed by atoms with Crippen LogP contribution in [-0.2, 0) is 17.1 Å². The monoisotopic (exact) mass is 733 g/mol. The van der Waals surface area contributed by atoms with Crippen LogP contribution in [0.25, 0.3) is 22.1 Å². The van der Waals surface area contributed by atoms with Crippen molar-refractivity contribution in [2.24, 2.45) is 0 Å². The van der Waals surface area contributed by atoms with Crippen molar-refractivity contribution in [2.45, 2.75) is 50.1 Å². The molecule has 5 aromatic rings. The summed E-state index contributed by atoms with van der Waals surface area (Å²) in [6.07, 6.45) is 0.290. The molecular formula is C32H37F6N13O. The second kappa shape index (κ2) is 15.1. The van der Waals surface area contributed by atoms with Gasteiger partial charge in [-0.2, -0.15) is 36.5 Å². The van der Waals surface area contributed by atoms with E-state index in [1.807, 2.05) is 11.9 Å². The molecule has 4 aromatic heterocycles. The van der Waals surface area contributed by atoms with Crippen LogP contribution in [0, 0.1) is 0 Å². The van der Waals surface area contributed by atoms with E-state index in [1.165, 1.54) is 24.1 Å². The van der Waals surface area contributed by atoms with Crippen molar-refractivity contribution < 1.29 is 31.1 Å². The normalized spacial score (nSPS) is 18.2. The summed E-state index contributed by atoms with van der Waals surface area (Å²) in [5.74, 6) is 1.15. The Balaban J connectivity index is 0.000000226. The number of carbonyl (C=O) groups excluding carboxylic acids is 1. The zero-order valence-electron chi connectivity index (χ0n) is 28.3.